The van der Waals surface area contributed by atoms with Gasteiger partial charge in [0, 0.05) is 16.7 Å². The average molecular weight is 399 g/mol. The SMILES string of the molecule is O=C(Nc1ccccc1Br)c1nc(C(=O)NC2CC2)n2ccccc12. The number of fused-ring (bicyclic) bond motifs is 1. The number of halogens is 1. The van der Waals surface area contributed by atoms with Gasteiger partial charge in [-0.05, 0) is 53.0 Å². The summed E-state index contributed by atoms with van der Waals surface area (Å²) >= 11 is 3.41. The summed E-state index contributed by atoms with van der Waals surface area (Å²) in [5.74, 6) is -0.399. The van der Waals surface area contributed by atoms with Crippen molar-refractivity contribution < 1.29 is 9.59 Å². The largest absolute Gasteiger partial charge is 0.347 e. The van der Waals surface area contributed by atoms with Crippen molar-refractivity contribution in [2.24, 2.45) is 0 Å². The van der Waals surface area contributed by atoms with E-state index >= 15 is 0 Å². The highest BCUT2D eigenvalue weighted by Gasteiger charge is 2.27. The first-order valence-corrected chi connectivity index (χ1v) is 8.76. The summed E-state index contributed by atoms with van der Waals surface area (Å²) in [6, 6.07) is 13.0. The van der Waals surface area contributed by atoms with Crippen molar-refractivity contribution in [3.05, 3.63) is 64.7 Å². The summed E-state index contributed by atoms with van der Waals surface area (Å²) in [5, 5.41) is 5.74. The lowest BCUT2D eigenvalue weighted by Crippen LogP contribution is -2.27. The number of hydrogen-bond acceptors (Lipinski definition) is 3. The van der Waals surface area contributed by atoms with Crippen LogP contribution in [0.25, 0.3) is 5.52 Å². The molecule has 126 valence electrons. The van der Waals surface area contributed by atoms with E-state index in [1.54, 1.807) is 28.8 Å². The first-order chi connectivity index (χ1) is 12.1. The number of anilines is 1. The van der Waals surface area contributed by atoms with Crippen LogP contribution in [-0.2, 0) is 0 Å². The number of amides is 2. The second kappa shape index (κ2) is 6.33. The molecule has 0 radical (unpaired) electrons. The first-order valence-electron chi connectivity index (χ1n) is 7.97. The van der Waals surface area contributed by atoms with Gasteiger partial charge in [-0.25, -0.2) is 4.98 Å². The van der Waals surface area contributed by atoms with Gasteiger partial charge in [-0.2, -0.15) is 0 Å². The van der Waals surface area contributed by atoms with Crippen LogP contribution in [0.3, 0.4) is 0 Å². The quantitative estimate of drug-likeness (QED) is 0.708. The van der Waals surface area contributed by atoms with Crippen molar-refractivity contribution >= 4 is 38.9 Å². The lowest BCUT2D eigenvalue weighted by Gasteiger charge is -2.05. The summed E-state index contributed by atoms with van der Waals surface area (Å²) in [4.78, 5) is 29.5. The van der Waals surface area contributed by atoms with Crippen LogP contribution in [0.15, 0.2) is 53.1 Å². The Bertz CT molecular complexity index is 978. The van der Waals surface area contributed by atoms with E-state index in [9.17, 15) is 9.59 Å². The van der Waals surface area contributed by atoms with Gasteiger partial charge in [-0.1, -0.05) is 18.2 Å². The van der Waals surface area contributed by atoms with Crippen LogP contribution in [-0.4, -0.2) is 27.2 Å². The van der Waals surface area contributed by atoms with Crippen LogP contribution in [0.2, 0.25) is 0 Å². The molecule has 2 heterocycles. The molecule has 25 heavy (non-hydrogen) atoms. The molecule has 0 saturated heterocycles. The van der Waals surface area contributed by atoms with E-state index in [1.165, 1.54) is 0 Å². The molecule has 1 aromatic carbocycles. The molecule has 2 N–H and O–H groups in total. The molecule has 0 atom stereocenters. The number of pyridine rings is 1. The molecule has 0 spiro atoms. The van der Waals surface area contributed by atoms with Gasteiger partial charge in [-0.15, -0.1) is 0 Å². The summed E-state index contributed by atoms with van der Waals surface area (Å²) in [6.45, 7) is 0. The molecule has 2 amide bonds. The Hall–Kier alpha value is -2.67. The van der Waals surface area contributed by atoms with Crippen molar-refractivity contribution in [2.45, 2.75) is 18.9 Å². The zero-order valence-corrected chi connectivity index (χ0v) is 14.8. The van der Waals surface area contributed by atoms with E-state index in [4.69, 9.17) is 0 Å². The maximum absolute atomic E-state index is 12.7. The van der Waals surface area contributed by atoms with Crippen molar-refractivity contribution in [3.63, 3.8) is 0 Å². The standard InChI is InChI=1S/C18H15BrN4O2/c19-12-5-1-2-6-13(12)21-17(24)15-14-7-3-4-10-23(14)16(22-15)18(25)20-11-8-9-11/h1-7,10-11H,8-9H2,(H,20,25)(H,21,24). The summed E-state index contributed by atoms with van der Waals surface area (Å²) in [6.07, 6.45) is 3.72. The van der Waals surface area contributed by atoms with Crippen molar-refractivity contribution in [1.82, 2.24) is 14.7 Å². The second-order valence-corrected chi connectivity index (χ2v) is 6.78. The van der Waals surface area contributed by atoms with Crippen LogP contribution in [0.4, 0.5) is 5.69 Å². The van der Waals surface area contributed by atoms with Gasteiger partial charge >= 0.3 is 0 Å². The van der Waals surface area contributed by atoms with Crippen LogP contribution >= 0.6 is 15.9 Å². The van der Waals surface area contributed by atoms with E-state index in [-0.39, 0.29) is 29.4 Å². The molecule has 0 unspecified atom stereocenters. The Labute approximate surface area is 152 Å². The number of carbonyl (C=O) groups is 2. The van der Waals surface area contributed by atoms with Gasteiger partial charge in [0.05, 0.1) is 11.2 Å². The minimum atomic E-state index is -0.360. The minimum Gasteiger partial charge on any atom is -0.347 e. The first kappa shape index (κ1) is 15.8. The van der Waals surface area contributed by atoms with E-state index in [0.29, 0.717) is 11.2 Å². The van der Waals surface area contributed by atoms with Crippen molar-refractivity contribution in [2.75, 3.05) is 5.32 Å². The molecule has 1 saturated carbocycles. The Morgan fingerprint density at radius 2 is 1.84 bits per heavy atom. The van der Waals surface area contributed by atoms with Gasteiger partial charge in [0.25, 0.3) is 11.8 Å². The topological polar surface area (TPSA) is 75.5 Å². The highest BCUT2D eigenvalue weighted by Crippen LogP contribution is 2.23. The summed E-state index contributed by atoms with van der Waals surface area (Å²) in [5.41, 5.74) is 1.46. The highest BCUT2D eigenvalue weighted by atomic mass is 79.9. The Kier molecular flexibility index (Phi) is 4.01. The number of carbonyl (C=O) groups excluding carboxylic acids is 2. The summed E-state index contributed by atoms with van der Waals surface area (Å²) in [7, 11) is 0. The monoisotopic (exact) mass is 398 g/mol. The lowest BCUT2D eigenvalue weighted by atomic mass is 10.3. The zero-order valence-electron chi connectivity index (χ0n) is 13.2. The fourth-order valence-corrected chi connectivity index (χ4v) is 2.97. The lowest BCUT2D eigenvalue weighted by molar-refractivity contribution is 0.0940. The van der Waals surface area contributed by atoms with E-state index < -0.39 is 0 Å². The van der Waals surface area contributed by atoms with Crippen LogP contribution in [0, 0.1) is 0 Å². The maximum Gasteiger partial charge on any atom is 0.287 e. The maximum atomic E-state index is 12.7. The van der Waals surface area contributed by atoms with Crippen molar-refractivity contribution in [1.29, 1.82) is 0 Å². The highest BCUT2D eigenvalue weighted by molar-refractivity contribution is 9.10. The number of hydrogen-bond donors (Lipinski definition) is 2. The number of nitrogens with zero attached hydrogens (tertiary/aromatic N) is 2. The molecule has 7 heteroatoms. The van der Waals surface area contributed by atoms with Crippen molar-refractivity contribution in [3.8, 4) is 0 Å². The van der Waals surface area contributed by atoms with Crippen LogP contribution in [0.5, 0.6) is 0 Å². The van der Waals surface area contributed by atoms with Gasteiger partial charge in [0.2, 0.25) is 5.82 Å². The number of aromatic nitrogens is 2. The van der Waals surface area contributed by atoms with Gasteiger partial charge < -0.3 is 10.6 Å². The smallest absolute Gasteiger partial charge is 0.287 e. The van der Waals surface area contributed by atoms with Gasteiger partial charge in [0.15, 0.2) is 5.69 Å². The molecular formula is C18H15BrN4O2. The summed E-state index contributed by atoms with van der Waals surface area (Å²) < 4.78 is 2.42. The molecule has 6 nitrogen and oxygen atoms in total. The molecular weight excluding hydrogens is 384 g/mol. The number of benzene rings is 1. The zero-order chi connectivity index (χ0) is 17.4. The van der Waals surface area contributed by atoms with Crippen LogP contribution in [0.1, 0.15) is 33.9 Å². The van der Waals surface area contributed by atoms with E-state index in [1.807, 2.05) is 24.3 Å². The average Bonchev–Trinajstić information content (AvgIpc) is 3.33. The number of para-hydroxylation sites is 1. The fourth-order valence-electron chi connectivity index (χ4n) is 2.59. The molecule has 0 aliphatic heterocycles. The second-order valence-electron chi connectivity index (χ2n) is 5.92. The van der Waals surface area contributed by atoms with E-state index in [2.05, 4.69) is 31.5 Å². The minimum absolute atomic E-state index is 0.220. The van der Waals surface area contributed by atoms with Crippen LogP contribution < -0.4 is 10.6 Å². The molecule has 0 bridgehead atoms. The number of nitrogens with one attached hydrogen (secondary N) is 2. The Morgan fingerprint density at radius 1 is 1.08 bits per heavy atom. The predicted molar refractivity (Wildman–Crippen MR) is 97.8 cm³/mol. The molecule has 3 aromatic rings. The van der Waals surface area contributed by atoms with Gasteiger partial charge in [-0.3, -0.25) is 14.0 Å². The third-order valence-electron chi connectivity index (χ3n) is 4.00. The third kappa shape index (κ3) is 3.15. The molecule has 1 aliphatic carbocycles. The van der Waals surface area contributed by atoms with E-state index in [0.717, 1.165) is 17.3 Å². The molecule has 1 fully saturated rings. The molecule has 1 aliphatic rings. The molecule has 4 rings (SSSR count). The fraction of sp³-hybridized carbons (Fsp3) is 0.167. The molecule has 2 aromatic heterocycles. The normalized spacial score (nSPS) is 13.6. The Balaban J connectivity index is 1.70. The Morgan fingerprint density at radius 3 is 2.60 bits per heavy atom. The number of rotatable bonds is 4. The number of imidazole rings is 1. The van der Waals surface area contributed by atoms with Gasteiger partial charge in [0.1, 0.15) is 0 Å². The third-order valence-corrected chi connectivity index (χ3v) is 4.69. The predicted octanol–water partition coefficient (Wildman–Crippen LogP) is 3.24.